The summed E-state index contributed by atoms with van der Waals surface area (Å²) in [5.74, 6) is -1.03. The molecule has 0 bridgehead atoms. The second-order valence-electron chi connectivity index (χ2n) is 6.78. The number of amides is 1. The predicted octanol–water partition coefficient (Wildman–Crippen LogP) is 5.80. The minimum Gasteiger partial charge on any atom is -0.343 e. The number of nitrogens with zero attached hydrogens (tertiary/aromatic N) is 1. The van der Waals surface area contributed by atoms with Crippen LogP contribution in [-0.4, -0.2) is 10.5 Å². The van der Waals surface area contributed by atoms with E-state index in [0.717, 1.165) is 22.0 Å². The van der Waals surface area contributed by atoms with Crippen molar-refractivity contribution in [1.82, 2.24) is 4.57 Å². The van der Waals surface area contributed by atoms with Crippen LogP contribution in [-0.2, 0) is 17.8 Å². The van der Waals surface area contributed by atoms with Crippen LogP contribution >= 0.6 is 11.6 Å². The average Bonchev–Trinajstić information content (AvgIpc) is 3.04. The maximum atomic E-state index is 13.3. The molecule has 4 aromatic rings. The molecule has 1 N–H and O–H groups in total. The van der Waals surface area contributed by atoms with Gasteiger partial charge in [-0.2, -0.15) is 0 Å². The number of hydrogen-bond donors (Lipinski definition) is 1. The number of hydrogen-bond acceptors (Lipinski definition) is 1. The lowest BCUT2D eigenvalue weighted by atomic mass is 10.1. The maximum absolute atomic E-state index is 13.3. The summed E-state index contributed by atoms with van der Waals surface area (Å²) >= 11 is 5.77. The molecule has 1 aromatic heterocycles. The number of anilines is 1. The molecule has 0 aliphatic heterocycles. The van der Waals surface area contributed by atoms with Crippen molar-refractivity contribution < 1.29 is 13.6 Å². The quantitative estimate of drug-likeness (QED) is 0.443. The van der Waals surface area contributed by atoms with E-state index in [1.165, 1.54) is 30.3 Å². The molecule has 29 heavy (non-hydrogen) atoms. The van der Waals surface area contributed by atoms with Crippen LogP contribution in [0, 0.1) is 11.6 Å². The fourth-order valence-electron chi connectivity index (χ4n) is 3.33. The number of nitrogens with one attached hydrogen (secondary N) is 1. The van der Waals surface area contributed by atoms with Gasteiger partial charge in [0, 0.05) is 29.3 Å². The Hall–Kier alpha value is -3.18. The zero-order valence-electron chi connectivity index (χ0n) is 15.3. The molecular weight excluding hydrogens is 394 g/mol. The molecule has 1 heterocycles. The molecule has 3 nitrogen and oxygen atoms in total. The first-order valence-electron chi connectivity index (χ1n) is 9.06. The smallest absolute Gasteiger partial charge is 0.228 e. The standard InChI is InChI=1S/C23H17ClF2N2O/c24-20-12-18(9-10-21(20)26)27-23(29)11-16-14-28(22-4-2-1-3-19(16)22)13-15-5-7-17(25)8-6-15/h1-10,12,14H,11,13H2,(H,27,29). The monoisotopic (exact) mass is 410 g/mol. The van der Waals surface area contributed by atoms with Crippen LogP contribution < -0.4 is 5.32 Å². The van der Waals surface area contributed by atoms with Crippen LogP contribution in [0.3, 0.4) is 0 Å². The molecular formula is C23H17ClF2N2O. The molecule has 0 atom stereocenters. The first-order valence-corrected chi connectivity index (χ1v) is 9.43. The highest BCUT2D eigenvalue weighted by Crippen LogP contribution is 2.24. The Morgan fingerprint density at radius 3 is 2.52 bits per heavy atom. The highest BCUT2D eigenvalue weighted by atomic mass is 35.5. The van der Waals surface area contributed by atoms with E-state index in [9.17, 15) is 13.6 Å². The molecule has 0 unspecified atom stereocenters. The second-order valence-corrected chi connectivity index (χ2v) is 7.19. The molecule has 0 saturated carbocycles. The van der Waals surface area contributed by atoms with Gasteiger partial charge in [-0.3, -0.25) is 4.79 Å². The van der Waals surface area contributed by atoms with E-state index in [1.54, 1.807) is 12.1 Å². The Labute approximate surface area is 171 Å². The number of halogens is 3. The average molecular weight is 411 g/mol. The van der Waals surface area contributed by atoms with Crippen molar-refractivity contribution in [3.05, 3.63) is 101 Å². The number of rotatable bonds is 5. The summed E-state index contributed by atoms with van der Waals surface area (Å²) in [5.41, 5.74) is 3.26. The van der Waals surface area contributed by atoms with E-state index in [0.29, 0.717) is 12.2 Å². The van der Waals surface area contributed by atoms with Gasteiger partial charge in [0.25, 0.3) is 0 Å². The van der Waals surface area contributed by atoms with E-state index < -0.39 is 5.82 Å². The molecule has 6 heteroatoms. The van der Waals surface area contributed by atoms with Crippen LogP contribution in [0.1, 0.15) is 11.1 Å². The van der Waals surface area contributed by atoms with E-state index in [-0.39, 0.29) is 23.2 Å². The van der Waals surface area contributed by atoms with Gasteiger partial charge in [0.15, 0.2) is 0 Å². The van der Waals surface area contributed by atoms with Crippen LogP contribution in [0.4, 0.5) is 14.5 Å². The third-order valence-corrected chi connectivity index (χ3v) is 4.98. The third kappa shape index (κ3) is 4.30. The zero-order valence-corrected chi connectivity index (χ0v) is 16.1. The van der Waals surface area contributed by atoms with E-state index in [1.807, 2.05) is 35.0 Å². The first-order chi connectivity index (χ1) is 14.0. The molecule has 3 aromatic carbocycles. The van der Waals surface area contributed by atoms with E-state index >= 15 is 0 Å². The first kappa shape index (κ1) is 19.2. The minimum atomic E-state index is -0.534. The van der Waals surface area contributed by atoms with Gasteiger partial charge in [-0.1, -0.05) is 41.9 Å². The SMILES string of the molecule is O=C(Cc1cn(Cc2ccc(F)cc2)c2ccccc12)Nc1ccc(F)c(Cl)c1. The van der Waals surface area contributed by atoms with Gasteiger partial charge in [0.2, 0.25) is 5.91 Å². The van der Waals surface area contributed by atoms with E-state index in [2.05, 4.69) is 5.32 Å². The zero-order chi connectivity index (χ0) is 20.4. The van der Waals surface area contributed by atoms with Crippen LogP contribution in [0.5, 0.6) is 0 Å². The fraction of sp³-hybridized carbons (Fsp3) is 0.0870. The number of carbonyl (C=O) groups is 1. The molecule has 0 saturated heterocycles. The maximum Gasteiger partial charge on any atom is 0.228 e. The number of carbonyl (C=O) groups excluding carboxylic acids is 1. The lowest BCUT2D eigenvalue weighted by Gasteiger charge is -2.06. The van der Waals surface area contributed by atoms with Crippen molar-refractivity contribution in [2.24, 2.45) is 0 Å². The Morgan fingerprint density at radius 1 is 1.00 bits per heavy atom. The number of para-hydroxylation sites is 1. The lowest BCUT2D eigenvalue weighted by Crippen LogP contribution is -2.14. The van der Waals surface area contributed by atoms with Gasteiger partial charge < -0.3 is 9.88 Å². The number of benzene rings is 3. The topological polar surface area (TPSA) is 34.0 Å². The minimum absolute atomic E-state index is 0.0429. The summed E-state index contributed by atoms with van der Waals surface area (Å²) < 4.78 is 28.5. The predicted molar refractivity (Wildman–Crippen MR) is 111 cm³/mol. The third-order valence-electron chi connectivity index (χ3n) is 4.69. The lowest BCUT2D eigenvalue weighted by molar-refractivity contribution is -0.115. The molecule has 146 valence electrons. The molecule has 0 aliphatic rings. The van der Waals surface area contributed by atoms with Crippen LogP contribution in [0.25, 0.3) is 10.9 Å². The van der Waals surface area contributed by atoms with Crippen molar-refractivity contribution in [2.45, 2.75) is 13.0 Å². The summed E-state index contributed by atoms with van der Waals surface area (Å²) in [6, 6.07) is 18.2. The van der Waals surface area contributed by atoms with Crippen molar-refractivity contribution in [3.63, 3.8) is 0 Å². The van der Waals surface area contributed by atoms with E-state index in [4.69, 9.17) is 11.6 Å². The summed E-state index contributed by atoms with van der Waals surface area (Å²) in [5, 5.41) is 3.68. The molecule has 1 amide bonds. The van der Waals surface area contributed by atoms with Crippen molar-refractivity contribution in [2.75, 3.05) is 5.32 Å². The molecule has 0 spiro atoms. The van der Waals surface area contributed by atoms with Gasteiger partial charge in [-0.15, -0.1) is 0 Å². The Morgan fingerprint density at radius 2 is 1.76 bits per heavy atom. The largest absolute Gasteiger partial charge is 0.343 e. The van der Waals surface area contributed by atoms with Crippen molar-refractivity contribution >= 4 is 34.1 Å². The van der Waals surface area contributed by atoms with Crippen molar-refractivity contribution in [3.8, 4) is 0 Å². The second kappa shape index (κ2) is 8.05. The van der Waals surface area contributed by atoms with Gasteiger partial charge in [0.1, 0.15) is 11.6 Å². The number of fused-ring (bicyclic) bond motifs is 1. The highest BCUT2D eigenvalue weighted by Gasteiger charge is 2.13. The summed E-state index contributed by atoms with van der Waals surface area (Å²) in [7, 11) is 0. The van der Waals surface area contributed by atoms with Gasteiger partial charge >= 0.3 is 0 Å². The van der Waals surface area contributed by atoms with Crippen LogP contribution in [0.2, 0.25) is 5.02 Å². The molecule has 4 rings (SSSR count). The molecule has 0 aliphatic carbocycles. The van der Waals surface area contributed by atoms with Crippen LogP contribution in [0.15, 0.2) is 72.9 Å². The number of aromatic nitrogens is 1. The summed E-state index contributed by atoms with van der Waals surface area (Å²) in [6.45, 7) is 0.565. The van der Waals surface area contributed by atoms with Gasteiger partial charge in [-0.25, -0.2) is 8.78 Å². The summed E-state index contributed by atoms with van der Waals surface area (Å²) in [4.78, 5) is 12.5. The Kier molecular flexibility index (Phi) is 5.32. The Balaban J connectivity index is 1.57. The normalized spacial score (nSPS) is 11.0. The molecule has 0 radical (unpaired) electrons. The van der Waals surface area contributed by atoms with Gasteiger partial charge in [0.05, 0.1) is 11.4 Å². The van der Waals surface area contributed by atoms with Gasteiger partial charge in [-0.05, 0) is 47.5 Å². The highest BCUT2D eigenvalue weighted by molar-refractivity contribution is 6.31. The fourth-order valence-corrected chi connectivity index (χ4v) is 3.51. The summed E-state index contributed by atoms with van der Waals surface area (Å²) in [6.07, 6.45) is 2.09. The Bertz CT molecular complexity index is 1190. The van der Waals surface area contributed by atoms with Crippen molar-refractivity contribution in [1.29, 1.82) is 0 Å². The molecule has 0 fully saturated rings.